The van der Waals surface area contributed by atoms with Gasteiger partial charge in [0.2, 0.25) is 0 Å². The number of aliphatic imine (C=N–C) groups is 1. The molecule has 0 bridgehead atoms. The van der Waals surface area contributed by atoms with Gasteiger partial charge in [0.05, 0.1) is 15.5 Å². The van der Waals surface area contributed by atoms with Gasteiger partial charge in [0.15, 0.2) is 5.17 Å². The zero-order valence-electron chi connectivity index (χ0n) is 13.8. The molecule has 0 unspecified atom stereocenters. The molecule has 6 nitrogen and oxygen atoms in total. The lowest BCUT2D eigenvalue weighted by atomic mass is 10.2. The highest BCUT2D eigenvalue weighted by atomic mass is 35.5. The van der Waals surface area contributed by atoms with E-state index in [2.05, 4.69) is 4.99 Å². The molecule has 26 heavy (non-hydrogen) atoms. The molecule has 0 N–H and O–H groups in total. The predicted molar refractivity (Wildman–Crippen MR) is 105 cm³/mol. The van der Waals surface area contributed by atoms with Crippen LogP contribution in [-0.4, -0.2) is 27.4 Å². The van der Waals surface area contributed by atoms with E-state index in [1.165, 1.54) is 23.9 Å². The van der Waals surface area contributed by atoms with Crippen LogP contribution in [0.1, 0.15) is 12.5 Å². The minimum absolute atomic E-state index is 0.0101. The van der Waals surface area contributed by atoms with Crippen LogP contribution in [0.3, 0.4) is 0 Å². The summed E-state index contributed by atoms with van der Waals surface area (Å²) in [5, 5.41) is 11.9. The summed E-state index contributed by atoms with van der Waals surface area (Å²) in [7, 11) is 0. The summed E-state index contributed by atoms with van der Waals surface area (Å²) >= 11 is 7.25. The van der Waals surface area contributed by atoms with Gasteiger partial charge in [-0.1, -0.05) is 17.7 Å². The fraction of sp³-hybridized carbons (Fsp3) is 0.111. The van der Waals surface area contributed by atoms with E-state index in [1.807, 2.05) is 13.0 Å². The van der Waals surface area contributed by atoms with E-state index in [1.54, 1.807) is 41.3 Å². The van der Waals surface area contributed by atoms with Gasteiger partial charge in [0.1, 0.15) is 0 Å². The number of rotatable bonds is 4. The molecule has 0 spiro atoms. The molecule has 0 saturated carbocycles. The van der Waals surface area contributed by atoms with Crippen LogP contribution in [-0.2, 0) is 4.79 Å². The summed E-state index contributed by atoms with van der Waals surface area (Å²) in [5.41, 5.74) is 1.39. The van der Waals surface area contributed by atoms with E-state index >= 15 is 0 Å². The maximum atomic E-state index is 12.6. The lowest BCUT2D eigenvalue weighted by molar-refractivity contribution is -0.384. The number of hydrogen-bond acceptors (Lipinski definition) is 5. The molecule has 0 aromatic heterocycles. The van der Waals surface area contributed by atoms with Crippen LogP contribution < -0.4 is 0 Å². The van der Waals surface area contributed by atoms with Crippen molar-refractivity contribution in [3.05, 3.63) is 74.1 Å². The molecule has 1 aliphatic rings. The van der Waals surface area contributed by atoms with Gasteiger partial charge in [-0.2, -0.15) is 0 Å². The Balaban J connectivity index is 1.90. The third-order valence-corrected chi connectivity index (χ3v) is 4.88. The Bertz CT molecular complexity index is 926. The van der Waals surface area contributed by atoms with Crippen molar-refractivity contribution in [1.82, 2.24) is 4.90 Å². The molecular weight excluding hydrogens is 374 g/mol. The Hall–Kier alpha value is -2.64. The second kappa shape index (κ2) is 7.72. The normalized spacial score (nSPS) is 17.3. The molecule has 0 radical (unpaired) electrons. The van der Waals surface area contributed by atoms with Crippen molar-refractivity contribution in [2.75, 3.05) is 6.54 Å². The Kier molecular flexibility index (Phi) is 5.39. The summed E-state index contributed by atoms with van der Waals surface area (Å²) in [6, 6.07) is 13.1. The Morgan fingerprint density at radius 1 is 1.27 bits per heavy atom. The molecule has 2 aromatic rings. The Labute approximate surface area is 159 Å². The number of nitro benzene ring substituents is 1. The van der Waals surface area contributed by atoms with Gasteiger partial charge in [-0.3, -0.25) is 19.8 Å². The molecule has 0 atom stereocenters. The minimum atomic E-state index is -0.457. The van der Waals surface area contributed by atoms with Crippen LogP contribution in [0, 0.1) is 10.1 Å². The number of nitro groups is 1. The summed E-state index contributed by atoms with van der Waals surface area (Å²) in [4.78, 5) is 29.5. The van der Waals surface area contributed by atoms with E-state index in [4.69, 9.17) is 11.6 Å². The van der Waals surface area contributed by atoms with Gasteiger partial charge in [-0.25, -0.2) is 4.99 Å². The molecule has 1 amide bonds. The molecular formula is C18H14ClN3O3S. The molecule has 8 heteroatoms. The SMILES string of the molecule is CCN1C(=O)/C(=C\c2ccc([N+](=O)[O-])cc2)SC1=Nc1cccc(Cl)c1. The lowest BCUT2D eigenvalue weighted by Gasteiger charge is -2.11. The summed E-state index contributed by atoms with van der Waals surface area (Å²) in [5.74, 6) is -0.142. The Morgan fingerprint density at radius 2 is 2.00 bits per heavy atom. The number of amidine groups is 1. The number of benzene rings is 2. The quantitative estimate of drug-likeness (QED) is 0.426. The zero-order valence-corrected chi connectivity index (χ0v) is 15.3. The van der Waals surface area contributed by atoms with Gasteiger partial charge < -0.3 is 0 Å². The summed E-state index contributed by atoms with van der Waals surface area (Å²) in [6.07, 6.45) is 1.71. The lowest BCUT2D eigenvalue weighted by Crippen LogP contribution is -2.28. The summed E-state index contributed by atoms with van der Waals surface area (Å²) in [6.45, 7) is 2.36. The van der Waals surface area contributed by atoms with Crippen LogP contribution in [0.4, 0.5) is 11.4 Å². The third-order valence-electron chi connectivity index (χ3n) is 3.64. The first-order chi connectivity index (χ1) is 12.5. The number of non-ortho nitro benzene ring substituents is 1. The molecule has 0 aliphatic carbocycles. The number of carbonyl (C=O) groups is 1. The number of nitrogens with zero attached hydrogens (tertiary/aromatic N) is 3. The van der Waals surface area contributed by atoms with Gasteiger partial charge in [-0.05, 0) is 60.7 Å². The largest absolute Gasteiger partial charge is 0.287 e. The number of carbonyl (C=O) groups excluding carboxylic acids is 1. The number of amides is 1. The first kappa shape index (κ1) is 18.2. The second-order valence-corrected chi connectivity index (χ2v) is 6.83. The van der Waals surface area contributed by atoms with Gasteiger partial charge in [-0.15, -0.1) is 0 Å². The van der Waals surface area contributed by atoms with Crippen molar-refractivity contribution in [1.29, 1.82) is 0 Å². The number of likely N-dealkylation sites (N-methyl/N-ethyl adjacent to an activating group) is 1. The molecule has 1 saturated heterocycles. The average Bonchev–Trinajstić information content (AvgIpc) is 2.90. The standard InChI is InChI=1S/C18H14ClN3O3S/c1-2-21-17(23)16(10-12-6-8-15(9-7-12)22(24)25)26-18(21)20-14-5-3-4-13(19)11-14/h3-11H,2H2,1H3/b16-10+,20-18?. The number of hydrogen-bond donors (Lipinski definition) is 0. The van der Waals surface area contributed by atoms with Crippen molar-refractivity contribution in [3.8, 4) is 0 Å². The van der Waals surface area contributed by atoms with Gasteiger partial charge in [0, 0.05) is 23.7 Å². The molecule has 2 aromatic carbocycles. The van der Waals surface area contributed by atoms with E-state index < -0.39 is 4.92 Å². The van der Waals surface area contributed by atoms with Crippen LogP contribution >= 0.6 is 23.4 Å². The smallest absolute Gasteiger partial charge is 0.269 e. The number of halogens is 1. The Morgan fingerprint density at radius 3 is 2.62 bits per heavy atom. The van der Waals surface area contributed by atoms with Crippen molar-refractivity contribution in [2.45, 2.75) is 6.92 Å². The molecule has 1 heterocycles. The monoisotopic (exact) mass is 387 g/mol. The average molecular weight is 388 g/mol. The number of thioether (sulfide) groups is 1. The molecule has 1 aliphatic heterocycles. The minimum Gasteiger partial charge on any atom is -0.287 e. The molecule has 3 rings (SSSR count). The van der Waals surface area contributed by atoms with Gasteiger partial charge >= 0.3 is 0 Å². The van der Waals surface area contributed by atoms with E-state index in [0.717, 1.165) is 0 Å². The fourth-order valence-electron chi connectivity index (χ4n) is 2.37. The van der Waals surface area contributed by atoms with Crippen LogP contribution in [0.2, 0.25) is 5.02 Å². The van der Waals surface area contributed by atoms with E-state index in [0.29, 0.717) is 32.9 Å². The van der Waals surface area contributed by atoms with E-state index in [9.17, 15) is 14.9 Å². The first-order valence-electron chi connectivity index (χ1n) is 7.78. The molecule has 132 valence electrons. The summed E-state index contributed by atoms with van der Waals surface area (Å²) < 4.78 is 0. The highest BCUT2D eigenvalue weighted by Gasteiger charge is 2.32. The highest BCUT2D eigenvalue weighted by Crippen LogP contribution is 2.34. The third kappa shape index (κ3) is 3.95. The van der Waals surface area contributed by atoms with Crippen molar-refractivity contribution < 1.29 is 9.72 Å². The van der Waals surface area contributed by atoms with Crippen LogP contribution in [0.25, 0.3) is 6.08 Å². The predicted octanol–water partition coefficient (Wildman–Crippen LogP) is 4.87. The van der Waals surface area contributed by atoms with Crippen molar-refractivity contribution in [2.24, 2.45) is 4.99 Å². The topological polar surface area (TPSA) is 75.8 Å². The maximum Gasteiger partial charge on any atom is 0.269 e. The second-order valence-electron chi connectivity index (χ2n) is 5.38. The van der Waals surface area contributed by atoms with Crippen molar-refractivity contribution in [3.63, 3.8) is 0 Å². The first-order valence-corrected chi connectivity index (χ1v) is 8.97. The van der Waals surface area contributed by atoms with Crippen molar-refractivity contribution >= 4 is 51.9 Å². The van der Waals surface area contributed by atoms with Crippen LogP contribution in [0.5, 0.6) is 0 Å². The highest BCUT2D eigenvalue weighted by molar-refractivity contribution is 8.18. The zero-order chi connectivity index (χ0) is 18.7. The molecule has 1 fully saturated rings. The van der Waals surface area contributed by atoms with Gasteiger partial charge in [0.25, 0.3) is 11.6 Å². The van der Waals surface area contributed by atoms with Crippen LogP contribution in [0.15, 0.2) is 58.4 Å². The van der Waals surface area contributed by atoms with E-state index in [-0.39, 0.29) is 11.6 Å². The fourth-order valence-corrected chi connectivity index (χ4v) is 3.62. The maximum absolute atomic E-state index is 12.6.